The van der Waals surface area contributed by atoms with Crippen molar-refractivity contribution in [3.05, 3.63) is 47.0 Å². The molecule has 0 spiro atoms. The Morgan fingerprint density at radius 3 is 2.52 bits per heavy atom. The first-order chi connectivity index (χ1) is 12.8. The number of aliphatic hydroxyl groups is 1. The van der Waals surface area contributed by atoms with E-state index in [-0.39, 0.29) is 29.5 Å². The van der Waals surface area contributed by atoms with E-state index >= 15 is 0 Å². The molecule has 7 nitrogen and oxygen atoms in total. The van der Waals surface area contributed by atoms with Crippen molar-refractivity contribution in [3.63, 3.8) is 0 Å². The van der Waals surface area contributed by atoms with Crippen LogP contribution in [0.1, 0.15) is 30.7 Å². The van der Waals surface area contributed by atoms with E-state index in [2.05, 4.69) is 5.32 Å². The molecule has 0 unspecified atom stereocenters. The third kappa shape index (κ3) is 4.27. The number of nitrogens with one attached hydrogen (secondary N) is 1. The monoisotopic (exact) mass is 376 g/mol. The third-order valence-electron chi connectivity index (χ3n) is 5.09. The molecule has 8 heteroatoms. The van der Waals surface area contributed by atoms with Gasteiger partial charge in [-0.1, -0.05) is 12.1 Å². The summed E-state index contributed by atoms with van der Waals surface area (Å²) in [6, 6.07) is 6.42. The summed E-state index contributed by atoms with van der Waals surface area (Å²) < 4.78 is 13.0. The number of aliphatic hydroxyl groups excluding tert-OH is 1. The fraction of sp³-hybridized carbons (Fsp3) is 0.421. The minimum absolute atomic E-state index is 0.162. The van der Waals surface area contributed by atoms with E-state index in [1.165, 1.54) is 17.0 Å². The molecule has 0 radical (unpaired) electrons. The summed E-state index contributed by atoms with van der Waals surface area (Å²) in [6.07, 6.45) is 1.90. The summed E-state index contributed by atoms with van der Waals surface area (Å²) in [5, 5.41) is 20.6. The minimum atomic E-state index is -1.23. The van der Waals surface area contributed by atoms with Gasteiger partial charge in [0.1, 0.15) is 23.7 Å². The van der Waals surface area contributed by atoms with Crippen molar-refractivity contribution in [1.29, 1.82) is 0 Å². The SMILES string of the molecule is O=C(O)CNC(=O)C1=C(O)CCN(CC2CC(c3ccc(F)cc3)C2)C1=O. The van der Waals surface area contributed by atoms with Gasteiger partial charge in [0, 0.05) is 19.5 Å². The number of carboxylic acid groups (broad SMARTS) is 1. The average molecular weight is 376 g/mol. The lowest BCUT2D eigenvalue weighted by atomic mass is 9.71. The van der Waals surface area contributed by atoms with Crippen LogP contribution in [0.5, 0.6) is 0 Å². The number of benzene rings is 1. The molecule has 1 aromatic rings. The molecule has 1 aromatic carbocycles. The van der Waals surface area contributed by atoms with Crippen molar-refractivity contribution in [1.82, 2.24) is 10.2 Å². The maximum Gasteiger partial charge on any atom is 0.322 e. The van der Waals surface area contributed by atoms with Gasteiger partial charge in [-0.25, -0.2) is 4.39 Å². The summed E-state index contributed by atoms with van der Waals surface area (Å²) >= 11 is 0. The second-order valence-corrected chi connectivity index (χ2v) is 6.99. The highest BCUT2D eigenvalue weighted by Crippen LogP contribution is 2.42. The summed E-state index contributed by atoms with van der Waals surface area (Å²) in [6.45, 7) is 0.169. The summed E-state index contributed by atoms with van der Waals surface area (Å²) in [5.41, 5.74) is 0.695. The van der Waals surface area contributed by atoms with Crippen molar-refractivity contribution < 1.29 is 29.0 Å². The molecular weight excluding hydrogens is 355 g/mol. The molecule has 0 atom stereocenters. The molecule has 27 heavy (non-hydrogen) atoms. The fourth-order valence-corrected chi connectivity index (χ4v) is 3.60. The zero-order valence-corrected chi connectivity index (χ0v) is 14.7. The van der Waals surface area contributed by atoms with E-state index in [4.69, 9.17) is 5.11 Å². The largest absolute Gasteiger partial charge is 0.511 e. The standard InChI is InChI=1S/C19H21FN2O5/c20-14-3-1-12(2-4-14)13-7-11(8-13)10-22-6-5-15(23)17(19(22)27)18(26)21-9-16(24)25/h1-4,11,13,23H,5-10H2,(H,21,26)(H,24,25). The molecule has 2 amide bonds. The summed E-state index contributed by atoms with van der Waals surface area (Å²) in [5.74, 6) is -2.66. The lowest BCUT2D eigenvalue weighted by molar-refractivity contribution is -0.138. The van der Waals surface area contributed by atoms with E-state index in [0.717, 1.165) is 18.4 Å². The van der Waals surface area contributed by atoms with Gasteiger partial charge >= 0.3 is 5.97 Å². The van der Waals surface area contributed by atoms with Crippen molar-refractivity contribution in [3.8, 4) is 0 Å². The van der Waals surface area contributed by atoms with E-state index < -0.39 is 24.3 Å². The van der Waals surface area contributed by atoms with E-state index in [0.29, 0.717) is 19.0 Å². The molecular formula is C19H21FN2O5. The van der Waals surface area contributed by atoms with Gasteiger partial charge in [0.2, 0.25) is 0 Å². The van der Waals surface area contributed by atoms with Gasteiger partial charge in [0.05, 0.1) is 0 Å². The maximum absolute atomic E-state index is 13.0. The first kappa shape index (κ1) is 18.9. The van der Waals surface area contributed by atoms with Crippen LogP contribution in [0.4, 0.5) is 4.39 Å². The quantitative estimate of drug-likeness (QED) is 0.653. The minimum Gasteiger partial charge on any atom is -0.511 e. The molecule has 1 saturated carbocycles. The predicted molar refractivity (Wildman–Crippen MR) is 93.4 cm³/mol. The Bertz CT molecular complexity index is 784. The van der Waals surface area contributed by atoms with Crippen LogP contribution >= 0.6 is 0 Å². The van der Waals surface area contributed by atoms with E-state index in [1.807, 2.05) is 0 Å². The molecule has 144 valence electrons. The zero-order valence-electron chi connectivity index (χ0n) is 14.7. The van der Waals surface area contributed by atoms with Crippen LogP contribution in [0.2, 0.25) is 0 Å². The number of amides is 2. The van der Waals surface area contributed by atoms with Crippen molar-refractivity contribution in [2.24, 2.45) is 5.92 Å². The van der Waals surface area contributed by atoms with Crippen molar-refractivity contribution >= 4 is 17.8 Å². The Kier molecular flexibility index (Phi) is 5.43. The molecule has 0 bridgehead atoms. The first-order valence-electron chi connectivity index (χ1n) is 8.82. The average Bonchev–Trinajstić information content (AvgIpc) is 2.59. The Balaban J connectivity index is 1.56. The van der Waals surface area contributed by atoms with Crippen LogP contribution in [0, 0.1) is 11.7 Å². The molecule has 1 aliphatic carbocycles. The van der Waals surface area contributed by atoms with Crippen LogP contribution in [-0.4, -0.2) is 52.5 Å². The van der Waals surface area contributed by atoms with Crippen molar-refractivity contribution in [2.75, 3.05) is 19.6 Å². The second kappa shape index (κ2) is 7.77. The van der Waals surface area contributed by atoms with Crippen LogP contribution in [0.3, 0.4) is 0 Å². The van der Waals surface area contributed by atoms with E-state index in [9.17, 15) is 23.9 Å². The topological polar surface area (TPSA) is 107 Å². The molecule has 3 rings (SSSR count). The van der Waals surface area contributed by atoms with Crippen molar-refractivity contribution in [2.45, 2.75) is 25.2 Å². The number of rotatable bonds is 6. The van der Waals surface area contributed by atoms with Gasteiger partial charge in [0.15, 0.2) is 0 Å². The maximum atomic E-state index is 13.0. The zero-order chi connectivity index (χ0) is 19.6. The van der Waals surface area contributed by atoms with Crippen LogP contribution < -0.4 is 5.32 Å². The van der Waals surface area contributed by atoms with Crippen LogP contribution in [-0.2, 0) is 14.4 Å². The van der Waals surface area contributed by atoms with Gasteiger partial charge in [0.25, 0.3) is 11.8 Å². The normalized spacial score (nSPS) is 22.4. The third-order valence-corrected chi connectivity index (χ3v) is 5.09. The number of halogens is 1. The van der Waals surface area contributed by atoms with Gasteiger partial charge in [-0.3, -0.25) is 14.4 Å². The molecule has 0 aromatic heterocycles. The Labute approximate surface area is 155 Å². The highest BCUT2D eigenvalue weighted by molar-refractivity contribution is 6.19. The molecule has 1 aliphatic heterocycles. The van der Waals surface area contributed by atoms with Crippen LogP contribution in [0.25, 0.3) is 0 Å². The number of carboxylic acids is 1. The van der Waals surface area contributed by atoms with Gasteiger partial charge < -0.3 is 20.4 Å². The number of nitrogens with zero attached hydrogens (tertiary/aromatic N) is 1. The lowest BCUT2D eigenvalue weighted by Crippen LogP contribution is -2.46. The lowest BCUT2D eigenvalue weighted by Gasteiger charge is -2.40. The molecule has 1 heterocycles. The highest BCUT2D eigenvalue weighted by atomic mass is 19.1. The van der Waals surface area contributed by atoms with Gasteiger partial charge in [-0.05, 0) is 42.4 Å². The Morgan fingerprint density at radius 2 is 1.89 bits per heavy atom. The Morgan fingerprint density at radius 1 is 1.22 bits per heavy atom. The van der Waals surface area contributed by atoms with Gasteiger partial charge in [-0.15, -0.1) is 0 Å². The molecule has 3 N–H and O–H groups in total. The smallest absolute Gasteiger partial charge is 0.322 e. The Hall–Kier alpha value is -2.90. The summed E-state index contributed by atoms with van der Waals surface area (Å²) in [7, 11) is 0. The molecule has 1 fully saturated rings. The first-order valence-corrected chi connectivity index (χ1v) is 8.82. The van der Waals surface area contributed by atoms with Crippen LogP contribution in [0.15, 0.2) is 35.6 Å². The highest BCUT2D eigenvalue weighted by Gasteiger charge is 2.37. The number of hydrogen-bond acceptors (Lipinski definition) is 4. The molecule has 2 aliphatic rings. The number of carbonyl (C=O) groups is 3. The predicted octanol–water partition coefficient (Wildman–Crippen LogP) is 1.56. The van der Waals surface area contributed by atoms with Gasteiger partial charge in [-0.2, -0.15) is 0 Å². The number of aliphatic carboxylic acids is 1. The number of carbonyl (C=O) groups excluding carboxylic acids is 2. The molecule has 0 saturated heterocycles. The number of hydrogen-bond donors (Lipinski definition) is 3. The van der Waals surface area contributed by atoms with E-state index in [1.54, 1.807) is 12.1 Å². The fourth-order valence-electron chi connectivity index (χ4n) is 3.60. The summed E-state index contributed by atoms with van der Waals surface area (Å²) in [4.78, 5) is 36.7. The second-order valence-electron chi connectivity index (χ2n) is 6.99.